The van der Waals surface area contributed by atoms with Crippen LogP contribution >= 0.6 is 0 Å². The van der Waals surface area contributed by atoms with E-state index in [1.807, 2.05) is 0 Å². The molecule has 0 aliphatic heterocycles. The van der Waals surface area contributed by atoms with E-state index in [0.717, 1.165) is 51.4 Å². The number of nitrogens with one attached hydrogen (secondary N) is 1. The van der Waals surface area contributed by atoms with Crippen molar-refractivity contribution in [3.8, 4) is 0 Å². The first-order valence-corrected chi connectivity index (χ1v) is 21.1. The molecular formula is C42H83NO5. The Balaban J connectivity index is 3.75. The summed E-state index contributed by atoms with van der Waals surface area (Å²) in [5.74, 6) is -0.587. The molecule has 6 heteroatoms. The van der Waals surface area contributed by atoms with E-state index in [4.69, 9.17) is 0 Å². The van der Waals surface area contributed by atoms with Crippen molar-refractivity contribution in [3.05, 3.63) is 12.2 Å². The minimum atomic E-state index is -1.27. The van der Waals surface area contributed by atoms with E-state index in [-0.39, 0.29) is 0 Å². The van der Waals surface area contributed by atoms with Crippen LogP contribution in [0, 0.1) is 0 Å². The Morgan fingerprint density at radius 3 is 1.23 bits per heavy atom. The van der Waals surface area contributed by atoms with Crippen molar-refractivity contribution < 1.29 is 25.2 Å². The van der Waals surface area contributed by atoms with Gasteiger partial charge in [-0.15, -0.1) is 0 Å². The van der Waals surface area contributed by atoms with E-state index in [2.05, 4.69) is 31.3 Å². The summed E-state index contributed by atoms with van der Waals surface area (Å²) in [5, 5.41) is 43.6. The van der Waals surface area contributed by atoms with Crippen LogP contribution in [0.4, 0.5) is 0 Å². The maximum absolute atomic E-state index is 12.5. The van der Waals surface area contributed by atoms with Crippen LogP contribution < -0.4 is 5.32 Å². The molecule has 0 aliphatic rings. The van der Waals surface area contributed by atoms with Gasteiger partial charge >= 0.3 is 0 Å². The van der Waals surface area contributed by atoms with Crippen molar-refractivity contribution in [3.63, 3.8) is 0 Å². The summed E-state index contributed by atoms with van der Waals surface area (Å²) in [7, 11) is 0. The highest BCUT2D eigenvalue weighted by Crippen LogP contribution is 2.16. The minimum Gasteiger partial charge on any atom is -0.394 e. The molecule has 4 unspecified atom stereocenters. The number of aliphatic hydroxyl groups excluding tert-OH is 4. The monoisotopic (exact) mass is 682 g/mol. The van der Waals surface area contributed by atoms with Crippen LogP contribution in [0.15, 0.2) is 12.2 Å². The molecule has 0 saturated carbocycles. The van der Waals surface area contributed by atoms with Gasteiger partial charge < -0.3 is 25.7 Å². The van der Waals surface area contributed by atoms with E-state index in [9.17, 15) is 25.2 Å². The second kappa shape index (κ2) is 37.3. The van der Waals surface area contributed by atoms with Gasteiger partial charge in [-0.3, -0.25) is 4.79 Å². The first-order valence-electron chi connectivity index (χ1n) is 21.1. The van der Waals surface area contributed by atoms with E-state index >= 15 is 0 Å². The Morgan fingerprint density at radius 1 is 0.500 bits per heavy atom. The van der Waals surface area contributed by atoms with Crippen molar-refractivity contribution in [1.29, 1.82) is 0 Å². The van der Waals surface area contributed by atoms with Gasteiger partial charge in [-0.05, 0) is 38.5 Å². The molecule has 0 rings (SSSR count). The number of rotatable bonds is 38. The molecule has 0 saturated heterocycles. The molecule has 0 fully saturated rings. The predicted molar refractivity (Wildman–Crippen MR) is 205 cm³/mol. The highest BCUT2D eigenvalue weighted by molar-refractivity contribution is 5.80. The Morgan fingerprint density at radius 2 is 0.833 bits per heavy atom. The maximum atomic E-state index is 12.5. The first kappa shape index (κ1) is 47.0. The van der Waals surface area contributed by atoms with Crippen LogP contribution in [0.25, 0.3) is 0 Å². The molecule has 4 atom stereocenters. The smallest absolute Gasteiger partial charge is 0.249 e. The normalized spacial score (nSPS) is 14.4. The molecule has 286 valence electrons. The molecule has 0 bridgehead atoms. The summed E-state index contributed by atoms with van der Waals surface area (Å²) in [6, 6.07) is -0.989. The van der Waals surface area contributed by atoms with E-state index < -0.39 is 36.9 Å². The number of aliphatic hydroxyl groups is 4. The zero-order valence-electron chi connectivity index (χ0n) is 32.0. The molecule has 1 amide bonds. The van der Waals surface area contributed by atoms with E-state index in [1.165, 1.54) is 141 Å². The zero-order valence-corrected chi connectivity index (χ0v) is 32.0. The van der Waals surface area contributed by atoms with Gasteiger partial charge in [-0.1, -0.05) is 193 Å². The number of carbonyl (C=O) groups is 1. The third-order valence-electron chi connectivity index (χ3n) is 9.98. The van der Waals surface area contributed by atoms with Crippen molar-refractivity contribution >= 4 is 5.91 Å². The second-order valence-electron chi connectivity index (χ2n) is 14.7. The molecule has 0 aromatic heterocycles. The molecule has 0 heterocycles. The maximum Gasteiger partial charge on any atom is 0.249 e. The SMILES string of the molecule is CCCCCCCCCC=CCCCCCC(O)C(O)C(CO)NC(=O)C(O)CCCCCCCCCCCCCCCCCCCC. The van der Waals surface area contributed by atoms with Crippen LogP contribution in [0.1, 0.15) is 219 Å². The number of hydrogen-bond acceptors (Lipinski definition) is 5. The van der Waals surface area contributed by atoms with Crippen molar-refractivity contribution in [2.45, 2.75) is 244 Å². The minimum absolute atomic E-state index is 0.370. The van der Waals surface area contributed by atoms with Gasteiger partial charge in [0, 0.05) is 0 Å². The average molecular weight is 682 g/mol. The topological polar surface area (TPSA) is 110 Å². The van der Waals surface area contributed by atoms with Gasteiger partial charge in [0.25, 0.3) is 0 Å². The Kier molecular flexibility index (Phi) is 36.6. The molecule has 0 aromatic carbocycles. The number of hydrogen-bond donors (Lipinski definition) is 5. The number of allylic oxidation sites excluding steroid dienone is 2. The Bertz CT molecular complexity index is 687. The lowest BCUT2D eigenvalue weighted by molar-refractivity contribution is -0.132. The number of carbonyl (C=O) groups excluding carboxylic acids is 1. The standard InChI is InChI=1S/C42H83NO5/c1-3-5-7-9-11-13-15-17-19-20-21-22-24-26-28-30-32-34-36-40(46)42(48)43-38(37-44)41(47)39(45)35-33-31-29-27-25-23-18-16-14-12-10-8-6-4-2/h23,25,38-41,44-47H,3-22,24,26-37H2,1-2H3,(H,43,48). The van der Waals surface area contributed by atoms with Gasteiger partial charge in [0.05, 0.1) is 18.8 Å². The highest BCUT2D eigenvalue weighted by Gasteiger charge is 2.28. The molecule has 48 heavy (non-hydrogen) atoms. The summed E-state index contributed by atoms with van der Waals surface area (Å²) in [5.41, 5.74) is 0. The molecule has 5 N–H and O–H groups in total. The van der Waals surface area contributed by atoms with Crippen LogP contribution in [0.2, 0.25) is 0 Å². The van der Waals surface area contributed by atoms with Gasteiger partial charge in [-0.25, -0.2) is 0 Å². The van der Waals surface area contributed by atoms with Crippen molar-refractivity contribution in [2.24, 2.45) is 0 Å². The van der Waals surface area contributed by atoms with Crippen LogP contribution in [0.5, 0.6) is 0 Å². The summed E-state index contributed by atoms with van der Waals surface area (Å²) >= 11 is 0. The molecule has 0 radical (unpaired) electrons. The Hall–Kier alpha value is -0.950. The quantitative estimate of drug-likeness (QED) is 0.0329. The first-order chi connectivity index (χ1) is 23.5. The van der Waals surface area contributed by atoms with Gasteiger partial charge in [-0.2, -0.15) is 0 Å². The number of unbranched alkanes of at least 4 members (excludes halogenated alkanes) is 27. The summed E-state index contributed by atoms with van der Waals surface area (Å²) < 4.78 is 0. The largest absolute Gasteiger partial charge is 0.394 e. The van der Waals surface area contributed by atoms with Gasteiger partial charge in [0.2, 0.25) is 5.91 Å². The van der Waals surface area contributed by atoms with Crippen LogP contribution in [0.3, 0.4) is 0 Å². The average Bonchev–Trinajstić information content (AvgIpc) is 3.09. The summed E-state index contributed by atoms with van der Waals surface area (Å²) in [6.07, 6.45) is 39.5. The molecule has 6 nitrogen and oxygen atoms in total. The zero-order chi connectivity index (χ0) is 35.3. The highest BCUT2D eigenvalue weighted by atomic mass is 16.3. The lowest BCUT2D eigenvalue weighted by Crippen LogP contribution is -2.53. The van der Waals surface area contributed by atoms with Gasteiger partial charge in [0.15, 0.2) is 0 Å². The number of amides is 1. The molecular weight excluding hydrogens is 598 g/mol. The Labute approximate surface area is 298 Å². The van der Waals surface area contributed by atoms with Crippen molar-refractivity contribution in [1.82, 2.24) is 5.32 Å². The fourth-order valence-corrected chi connectivity index (χ4v) is 6.57. The lowest BCUT2D eigenvalue weighted by atomic mass is 9.99. The van der Waals surface area contributed by atoms with Crippen LogP contribution in [-0.2, 0) is 4.79 Å². The van der Waals surface area contributed by atoms with Crippen molar-refractivity contribution in [2.75, 3.05) is 6.61 Å². The van der Waals surface area contributed by atoms with Gasteiger partial charge in [0.1, 0.15) is 12.2 Å². The molecule has 0 aromatic rings. The van der Waals surface area contributed by atoms with E-state index in [1.54, 1.807) is 0 Å². The third kappa shape index (κ3) is 31.1. The second-order valence-corrected chi connectivity index (χ2v) is 14.7. The summed E-state index contributed by atoms with van der Waals surface area (Å²) in [4.78, 5) is 12.5. The third-order valence-corrected chi connectivity index (χ3v) is 9.98. The fourth-order valence-electron chi connectivity index (χ4n) is 6.57. The lowest BCUT2D eigenvalue weighted by Gasteiger charge is -2.27. The fraction of sp³-hybridized carbons (Fsp3) is 0.929. The predicted octanol–water partition coefficient (Wildman–Crippen LogP) is 10.6. The van der Waals surface area contributed by atoms with E-state index in [0.29, 0.717) is 12.8 Å². The molecule has 0 aliphatic carbocycles. The molecule has 0 spiro atoms. The van der Waals surface area contributed by atoms with Crippen LogP contribution in [-0.4, -0.2) is 57.3 Å². The summed E-state index contributed by atoms with van der Waals surface area (Å²) in [6.45, 7) is 4.04.